The van der Waals surface area contributed by atoms with E-state index in [2.05, 4.69) is 5.32 Å². The van der Waals surface area contributed by atoms with Gasteiger partial charge in [0.2, 0.25) is 11.8 Å². The van der Waals surface area contributed by atoms with Crippen molar-refractivity contribution in [2.24, 2.45) is 0 Å². The van der Waals surface area contributed by atoms with Crippen LogP contribution in [0.5, 0.6) is 5.75 Å². The number of halogens is 4. The van der Waals surface area contributed by atoms with E-state index in [0.29, 0.717) is 36.1 Å². The van der Waals surface area contributed by atoms with E-state index in [1.54, 1.807) is 13.1 Å². The highest BCUT2D eigenvalue weighted by Gasteiger charge is 2.39. The number of ether oxygens (including phenoxy) is 1. The van der Waals surface area contributed by atoms with Gasteiger partial charge in [0, 0.05) is 32.0 Å². The number of benzene rings is 2. The fourth-order valence-electron chi connectivity index (χ4n) is 4.06. The Bertz CT molecular complexity index is 1010. The molecule has 0 bridgehead atoms. The smallest absolute Gasteiger partial charge is 0.416 e. The maximum absolute atomic E-state index is 14.4. The minimum absolute atomic E-state index is 0.100. The van der Waals surface area contributed by atoms with Crippen molar-refractivity contribution >= 4 is 11.8 Å². The van der Waals surface area contributed by atoms with Crippen LogP contribution < -0.4 is 10.1 Å². The van der Waals surface area contributed by atoms with Gasteiger partial charge in [0.25, 0.3) is 0 Å². The van der Waals surface area contributed by atoms with Crippen molar-refractivity contribution in [1.82, 2.24) is 10.2 Å². The van der Waals surface area contributed by atoms with Crippen molar-refractivity contribution in [3.8, 4) is 5.75 Å². The SMILES string of the molecule is COc1ccc(F)c(CC2(CCC(=O)N(C)Cc3ccc(C(F)(F)F)cc3)CCC(=O)N2)c1. The standard InChI is InChI=1S/C24H26F4N2O3/c1-30(15-16-3-5-18(6-4-16)24(26,27)28)22(32)10-12-23(11-9-21(31)29-23)14-17-13-19(33-2)7-8-20(17)25/h3-8,13H,9-12,14-15H2,1-2H3,(H,29,31). The van der Waals surface area contributed by atoms with Crippen LogP contribution >= 0.6 is 0 Å². The molecule has 1 N–H and O–H groups in total. The third-order valence-electron chi connectivity index (χ3n) is 5.96. The summed E-state index contributed by atoms with van der Waals surface area (Å²) in [5, 5.41) is 2.92. The second kappa shape index (κ2) is 9.80. The Kier molecular flexibility index (Phi) is 7.29. The van der Waals surface area contributed by atoms with E-state index >= 15 is 0 Å². The van der Waals surface area contributed by atoms with Crippen molar-refractivity contribution in [2.45, 2.75) is 50.4 Å². The van der Waals surface area contributed by atoms with Crippen LogP contribution in [0.1, 0.15) is 42.4 Å². The first-order chi connectivity index (χ1) is 15.5. The van der Waals surface area contributed by atoms with Crippen molar-refractivity contribution in [2.75, 3.05) is 14.2 Å². The monoisotopic (exact) mass is 466 g/mol. The largest absolute Gasteiger partial charge is 0.497 e. The predicted molar refractivity (Wildman–Crippen MR) is 114 cm³/mol. The van der Waals surface area contributed by atoms with Crippen LogP contribution in [0, 0.1) is 5.82 Å². The van der Waals surface area contributed by atoms with Crippen LogP contribution in [0.15, 0.2) is 42.5 Å². The summed E-state index contributed by atoms with van der Waals surface area (Å²) in [6, 6.07) is 9.06. The summed E-state index contributed by atoms with van der Waals surface area (Å²) in [6.07, 6.45) is -3.02. The van der Waals surface area contributed by atoms with E-state index < -0.39 is 23.1 Å². The molecule has 2 aromatic rings. The Balaban J connectivity index is 1.65. The van der Waals surface area contributed by atoms with Gasteiger partial charge in [-0.3, -0.25) is 9.59 Å². The Hall–Kier alpha value is -3.10. The molecule has 1 aliphatic heterocycles. The molecule has 1 heterocycles. The third kappa shape index (κ3) is 6.24. The molecule has 178 valence electrons. The van der Waals surface area contributed by atoms with Gasteiger partial charge in [0.15, 0.2) is 0 Å². The van der Waals surface area contributed by atoms with Crippen molar-refractivity contribution in [3.05, 3.63) is 65.0 Å². The summed E-state index contributed by atoms with van der Waals surface area (Å²) in [7, 11) is 3.05. The molecule has 3 rings (SSSR count). The number of carbonyl (C=O) groups excluding carboxylic acids is 2. The highest BCUT2D eigenvalue weighted by atomic mass is 19.4. The molecule has 0 spiro atoms. The predicted octanol–water partition coefficient (Wildman–Crippen LogP) is 4.48. The third-order valence-corrected chi connectivity index (χ3v) is 5.96. The van der Waals surface area contributed by atoms with Crippen LogP contribution in [0.25, 0.3) is 0 Å². The molecule has 1 atom stereocenters. The second-order valence-corrected chi connectivity index (χ2v) is 8.41. The van der Waals surface area contributed by atoms with Gasteiger partial charge in [-0.1, -0.05) is 12.1 Å². The second-order valence-electron chi connectivity index (χ2n) is 8.41. The summed E-state index contributed by atoms with van der Waals surface area (Å²) in [4.78, 5) is 26.1. The quantitative estimate of drug-likeness (QED) is 0.584. The lowest BCUT2D eigenvalue weighted by Crippen LogP contribution is -2.44. The van der Waals surface area contributed by atoms with Crippen LogP contribution in [-0.4, -0.2) is 36.4 Å². The van der Waals surface area contributed by atoms with Crippen molar-refractivity contribution in [3.63, 3.8) is 0 Å². The first kappa shape index (κ1) is 24.5. The van der Waals surface area contributed by atoms with Crippen LogP contribution in [0.2, 0.25) is 0 Å². The van der Waals surface area contributed by atoms with Crippen LogP contribution in [-0.2, 0) is 28.7 Å². The number of methoxy groups -OCH3 is 1. The van der Waals surface area contributed by atoms with Gasteiger partial charge in [-0.05, 0) is 60.7 Å². The van der Waals surface area contributed by atoms with Gasteiger partial charge in [-0.15, -0.1) is 0 Å². The first-order valence-electron chi connectivity index (χ1n) is 10.5. The van der Waals surface area contributed by atoms with Gasteiger partial charge in [-0.2, -0.15) is 13.2 Å². The molecule has 0 aromatic heterocycles. The average Bonchev–Trinajstić information content (AvgIpc) is 3.14. The Labute approximate surface area is 189 Å². The van der Waals surface area contributed by atoms with Gasteiger partial charge >= 0.3 is 6.18 Å². The lowest BCUT2D eigenvalue weighted by molar-refractivity contribution is -0.137. The summed E-state index contributed by atoms with van der Waals surface area (Å²) in [5.74, 6) is -0.286. The zero-order valence-corrected chi connectivity index (χ0v) is 18.5. The van der Waals surface area contributed by atoms with Gasteiger partial charge < -0.3 is 15.0 Å². The molecule has 1 unspecified atom stereocenters. The van der Waals surface area contributed by atoms with E-state index in [1.807, 2.05) is 0 Å². The van der Waals surface area contributed by atoms with Gasteiger partial charge in [-0.25, -0.2) is 4.39 Å². The van der Waals surface area contributed by atoms with E-state index in [0.717, 1.165) is 12.1 Å². The van der Waals surface area contributed by atoms with E-state index in [4.69, 9.17) is 4.74 Å². The van der Waals surface area contributed by atoms with E-state index in [-0.39, 0.29) is 31.2 Å². The Morgan fingerprint density at radius 1 is 1.18 bits per heavy atom. The molecule has 2 amide bonds. The number of amides is 2. The summed E-state index contributed by atoms with van der Waals surface area (Å²) < 4.78 is 57.7. The zero-order valence-electron chi connectivity index (χ0n) is 18.5. The first-order valence-corrected chi connectivity index (χ1v) is 10.5. The summed E-state index contributed by atoms with van der Waals surface area (Å²) >= 11 is 0. The van der Waals surface area contributed by atoms with Crippen molar-refractivity contribution < 1.29 is 31.9 Å². The molecular weight excluding hydrogens is 440 g/mol. The molecule has 0 aliphatic carbocycles. The highest BCUT2D eigenvalue weighted by molar-refractivity contribution is 5.80. The normalized spacial score (nSPS) is 18.2. The van der Waals surface area contributed by atoms with E-state index in [9.17, 15) is 27.2 Å². The average molecular weight is 466 g/mol. The number of nitrogens with zero attached hydrogens (tertiary/aromatic N) is 1. The number of rotatable bonds is 8. The molecule has 5 nitrogen and oxygen atoms in total. The van der Waals surface area contributed by atoms with Crippen molar-refractivity contribution in [1.29, 1.82) is 0 Å². The molecule has 1 fully saturated rings. The highest BCUT2D eigenvalue weighted by Crippen LogP contribution is 2.32. The van der Waals surface area contributed by atoms with E-state index in [1.165, 1.54) is 36.3 Å². The molecule has 9 heteroatoms. The lowest BCUT2D eigenvalue weighted by atomic mass is 9.84. The number of alkyl halides is 3. The Morgan fingerprint density at radius 2 is 1.88 bits per heavy atom. The minimum Gasteiger partial charge on any atom is -0.497 e. The zero-order chi connectivity index (χ0) is 24.2. The molecule has 33 heavy (non-hydrogen) atoms. The van der Waals surface area contributed by atoms with Crippen LogP contribution in [0.4, 0.5) is 17.6 Å². The molecule has 0 radical (unpaired) electrons. The molecule has 2 aromatic carbocycles. The number of carbonyl (C=O) groups is 2. The molecule has 1 saturated heterocycles. The minimum atomic E-state index is -4.41. The Morgan fingerprint density at radius 3 is 2.45 bits per heavy atom. The topological polar surface area (TPSA) is 58.6 Å². The number of nitrogens with one attached hydrogen (secondary N) is 1. The van der Waals surface area contributed by atoms with Gasteiger partial charge in [0.1, 0.15) is 11.6 Å². The number of hydrogen-bond acceptors (Lipinski definition) is 3. The number of hydrogen-bond donors (Lipinski definition) is 1. The summed E-state index contributed by atoms with van der Waals surface area (Å²) in [5.41, 5.74) is -0.540. The maximum Gasteiger partial charge on any atom is 0.416 e. The summed E-state index contributed by atoms with van der Waals surface area (Å²) in [6.45, 7) is 0.154. The lowest BCUT2D eigenvalue weighted by Gasteiger charge is -2.30. The molecular formula is C24H26F4N2O3. The molecule has 0 saturated carbocycles. The fraction of sp³-hybridized carbons (Fsp3) is 0.417. The maximum atomic E-state index is 14.4. The van der Waals surface area contributed by atoms with Crippen LogP contribution in [0.3, 0.4) is 0 Å². The molecule has 1 aliphatic rings. The fourth-order valence-corrected chi connectivity index (χ4v) is 4.06. The van der Waals surface area contributed by atoms with Gasteiger partial charge in [0.05, 0.1) is 12.7 Å².